The minimum Gasteiger partial charge on any atom is -0.463 e. The molecule has 0 aromatic rings. The van der Waals surface area contributed by atoms with Crippen molar-refractivity contribution in [2.75, 3.05) is 26.4 Å². The molecule has 2 saturated heterocycles. The lowest BCUT2D eigenvalue weighted by Crippen LogP contribution is -2.70. The highest BCUT2D eigenvalue weighted by atomic mass is 31.2. The van der Waals surface area contributed by atoms with Gasteiger partial charge in [0.2, 0.25) is 0 Å². The highest BCUT2D eigenvalue weighted by Gasteiger charge is 2.60. The van der Waals surface area contributed by atoms with Crippen LogP contribution in [0.4, 0.5) is 0 Å². The van der Waals surface area contributed by atoms with Gasteiger partial charge in [0, 0.05) is 25.7 Å². The van der Waals surface area contributed by atoms with E-state index in [0.717, 1.165) is 135 Å². The zero-order chi connectivity index (χ0) is 86.9. The summed E-state index contributed by atoms with van der Waals surface area (Å²) in [5.41, 5.74) is 0. The van der Waals surface area contributed by atoms with Gasteiger partial charge in [-0.05, 0) is 83.0 Å². The van der Waals surface area contributed by atoms with Gasteiger partial charge in [-0.1, -0.05) is 329 Å². The number of aliphatic hydroxyl groups is 9. The maximum atomic E-state index is 14.9. The molecule has 119 heavy (non-hydrogen) atoms. The van der Waals surface area contributed by atoms with E-state index >= 15 is 0 Å². The molecule has 1 saturated carbocycles. The molecule has 0 bridgehead atoms. The monoisotopic (exact) mass is 1720 g/mol. The van der Waals surface area contributed by atoms with Crippen LogP contribution in [0.2, 0.25) is 0 Å². The van der Waals surface area contributed by atoms with Gasteiger partial charge in [-0.3, -0.25) is 28.2 Å². The standard InChI is InChI=1S/C93H171O25P/c1-6-10-14-18-22-25-28-31-33-35-38-40-43-46-54-60-66-78(97)112-73(69-109-76(95)64-58-53-49-48-51-57-63-72(5)62-56-50-21-17-13-9-4)70-111-119(107,108)118-91-89(116-92-86(105)82(101)80(99)74(68-94)113-92)85(104)84(103)88(115-79(98)67-61-55-47-44-41-37-34-32-29-26-23-19-15-11-7-2)90(91)117-93-87(106)83(102)81(100)75(114-93)71-110-77(96)65-59-52-45-42-39-36-30-27-24-20-16-12-8-3/h26,29,36,39,72-75,80-94,99-106H,6-25,27-28,30-35,37-38,40-71H2,1-5H3,(H,107,108)/b29-26-,39-36-. The lowest BCUT2D eigenvalue weighted by molar-refractivity contribution is -0.360. The van der Waals surface area contributed by atoms with Gasteiger partial charge in [0.25, 0.3) is 0 Å². The molecule has 0 radical (unpaired) electrons. The van der Waals surface area contributed by atoms with Gasteiger partial charge in [-0.15, -0.1) is 0 Å². The second-order valence-corrected chi connectivity index (χ2v) is 35.9. The summed E-state index contributed by atoms with van der Waals surface area (Å²) in [5, 5.41) is 102. The lowest BCUT2D eigenvalue weighted by Gasteiger charge is -2.50. The van der Waals surface area contributed by atoms with Gasteiger partial charge in [0.1, 0.15) is 92.6 Å². The van der Waals surface area contributed by atoms with E-state index in [1.54, 1.807) is 0 Å². The smallest absolute Gasteiger partial charge is 0.463 e. The molecular weight excluding hydrogens is 1550 g/mol. The molecule has 19 unspecified atom stereocenters. The van der Waals surface area contributed by atoms with Crippen LogP contribution in [-0.4, -0.2) is 205 Å². The fourth-order valence-corrected chi connectivity index (χ4v) is 16.8. The van der Waals surface area contributed by atoms with Crippen molar-refractivity contribution < 1.29 is 122 Å². The molecule has 3 aliphatic rings. The number of unbranched alkanes of at least 4 members (excludes halogenated alkanes) is 45. The molecule has 0 spiro atoms. The predicted molar refractivity (Wildman–Crippen MR) is 462 cm³/mol. The number of allylic oxidation sites excluding steroid dienone is 4. The van der Waals surface area contributed by atoms with Crippen LogP contribution in [-0.2, 0) is 70.7 Å². The van der Waals surface area contributed by atoms with E-state index in [2.05, 4.69) is 58.9 Å². The van der Waals surface area contributed by atoms with Crippen LogP contribution >= 0.6 is 7.82 Å². The third-order valence-electron chi connectivity index (χ3n) is 23.6. The molecule has 1 aliphatic carbocycles. The maximum Gasteiger partial charge on any atom is 0.472 e. The Morgan fingerprint density at radius 3 is 1.10 bits per heavy atom. The molecule has 19 atom stereocenters. The van der Waals surface area contributed by atoms with Gasteiger partial charge in [-0.2, -0.15) is 0 Å². The summed E-state index contributed by atoms with van der Waals surface area (Å²) < 4.78 is 73.5. The lowest BCUT2D eigenvalue weighted by atomic mass is 9.84. The third kappa shape index (κ3) is 51.4. The van der Waals surface area contributed by atoms with Gasteiger partial charge < -0.3 is 88.7 Å². The van der Waals surface area contributed by atoms with E-state index in [0.29, 0.717) is 44.4 Å². The van der Waals surface area contributed by atoms with E-state index in [-0.39, 0.29) is 25.7 Å². The SMILES string of the molecule is CCCCCC/C=C\CCCCCCCCCC(=O)OC1C(O)C(O)C(OC2OC(CO)C(O)C(O)C2O)C(OP(=O)(O)OCC(COC(=O)CCCCCCCCC(C)CCCCCCCC)OC(=O)CCCCCCCCCCCCCCCCCC)C1OC1OC(COC(=O)CCCCC/C=C\CCCCCCCC)C(O)C(O)C1O. The summed E-state index contributed by atoms with van der Waals surface area (Å²) in [6.45, 7) is 7.92. The summed E-state index contributed by atoms with van der Waals surface area (Å²) in [7, 11) is -5.81. The highest BCUT2D eigenvalue weighted by Crippen LogP contribution is 2.49. The molecular formula is C93H171O25P. The summed E-state index contributed by atoms with van der Waals surface area (Å²) >= 11 is 0. The van der Waals surface area contributed by atoms with E-state index in [9.17, 15) is 74.6 Å². The number of hydrogen-bond acceptors (Lipinski definition) is 24. The minimum absolute atomic E-state index is 0.00658. The summed E-state index contributed by atoms with van der Waals surface area (Å²) in [6.07, 6.45) is 30.2. The van der Waals surface area contributed by atoms with Crippen molar-refractivity contribution >= 4 is 31.7 Å². The second kappa shape index (κ2) is 71.0. The molecule has 3 rings (SSSR count). The number of esters is 4. The zero-order valence-corrected chi connectivity index (χ0v) is 75.5. The van der Waals surface area contributed by atoms with Gasteiger partial charge in [-0.25, -0.2) is 4.57 Å². The Kier molecular flexibility index (Phi) is 65.7. The molecule has 26 heteroatoms. The van der Waals surface area contributed by atoms with Gasteiger partial charge in [0.05, 0.1) is 13.2 Å². The minimum atomic E-state index is -5.81. The summed E-state index contributed by atoms with van der Waals surface area (Å²) in [5.74, 6) is -2.29. The number of phosphoric ester groups is 1. The fraction of sp³-hybridized carbons (Fsp3) is 0.914. The molecule has 0 amide bonds. The van der Waals surface area contributed by atoms with Crippen LogP contribution in [0.1, 0.15) is 407 Å². The van der Waals surface area contributed by atoms with Crippen LogP contribution < -0.4 is 0 Å². The molecule has 3 fully saturated rings. The molecule has 0 aromatic heterocycles. The Morgan fingerprint density at radius 1 is 0.353 bits per heavy atom. The highest BCUT2D eigenvalue weighted by molar-refractivity contribution is 7.47. The Bertz CT molecular complexity index is 2580. The van der Waals surface area contributed by atoms with Crippen LogP contribution in [0, 0.1) is 5.92 Å². The molecule has 0 aromatic carbocycles. The number of carbonyl (C=O) groups excluding carboxylic acids is 4. The summed E-state index contributed by atoms with van der Waals surface area (Å²) in [4.78, 5) is 66.6. The topological polar surface area (TPSA) is 380 Å². The van der Waals surface area contributed by atoms with Crippen LogP contribution in [0.3, 0.4) is 0 Å². The first-order valence-electron chi connectivity index (χ1n) is 48.0. The van der Waals surface area contributed by atoms with Crippen LogP contribution in [0.15, 0.2) is 24.3 Å². The third-order valence-corrected chi connectivity index (χ3v) is 24.6. The molecule has 10 N–H and O–H groups in total. The number of carbonyl (C=O) groups is 4. The van der Waals surface area contributed by atoms with E-state index in [4.69, 9.17) is 46.9 Å². The quantitative estimate of drug-likeness (QED) is 0.00889. The number of aliphatic hydroxyl groups excluding tert-OH is 9. The first-order chi connectivity index (χ1) is 57.6. The summed E-state index contributed by atoms with van der Waals surface area (Å²) in [6, 6.07) is 0. The average molecular weight is 1720 g/mol. The van der Waals surface area contributed by atoms with E-state index in [1.165, 1.54) is 173 Å². The average Bonchev–Trinajstić information content (AvgIpc) is 0.754. The van der Waals surface area contributed by atoms with E-state index < -0.39 is 162 Å². The van der Waals surface area contributed by atoms with Gasteiger partial charge in [0.15, 0.2) is 24.8 Å². The second-order valence-electron chi connectivity index (χ2n) is 34.5. The number of hydrogen-bond donors (Lipinski definition) is 10. The Morgan fingerprint density at radius 2 is 0.681 bits per heavy atom. The van der Waals surface area contributed by atoms with Crippen molar-refractivity contribution in [3.63, 3.8) is 0 Å². The van der Waals surface area contributed by atoms with E-state index in [1.807, 2.05) is 0 Å². The predicted octanol–water partition coefficient (Wildman–Crippen LogP) is 18.0. The Labute approximate surface area is 717 Å². The van der Waals surface area contributed by atoms with Crippen molar-refractivity contribution in [2.45, 2.75) is 511 Å². The number of ether oxygens (including phenoxy) is 8. The van der Waals surface area contributed by atoms with Crippen molar-refractivity contribution in [3.8, 4) is 0 Å². The van der Waals surface area contributed by atoms with Crippen LogP contribution in [0.5, 0.6) is 0 Å². The Balaban J connectivity index is 1.92. The Hall–Kier alpha value is -3.05. The molecule has 698 valence electrons. The molecule has 2 aliphatic heterocycles. The van der Waals surface area contributed by atoms with Crippen molar-refractivity contribution in [1.82, 2.24) is 0 Å². The maximum absolute atomic E-state index is 14.9. The number of rotatable bonds is 77. The molecule has 25 nitrogen and oxygen atoms in total. The van der Waals surface area contributed by atoms with Crippen molar-refractivity contribution in [1.29, 1.82) is 0 Å². The van der Waals surface area contributed by atoms with Crippen molar-refractivity contribution in [2.24, 2.45) is 5.92 Å². The first kappa shape index (κ1) is 110. The molecule has 2 heterocycles. The largest absolute Gasteiger partial charge is 0.472 e. The normalized spacial score (nSPS) is 25.2. The first-order valence-corrected chi connectivity index (χ1v) is 49.5. The van der Waals surface area contributed by atoms with Crippen LogP contribution in [0.25, 0.3) is 0 Å². The number of phosphoric acid groups is 1. The van der Waals surface area contributed by atoms with Gasteiger partial charge >= 0.3 is 31.7 Å². The fourth-order valence-electron chi connectivity index (χ4n) is 15.8. The van der Waals surface area contributed by atoms with Crippen molar-refractivity contribution in [3.05, 3.63) is 24.3 Å². The zero-order valence-electron chi connectivity index (χ0n) is 74.6.